The molecule has 1 aromatic rings. The molecule has 3 amide bonds. The molecule has 1 N–H and O–H groups in total. The summed E-state index contributed by atoms with van der Waals surface area (Å²) in [6.07, 6.45) is 5.28. The van der Waals surface area contributed by atoms with Crippen LogP contribution < -0.4 is 10.1 Å². The molecule has 6 rings (SSSR count). The number of nitrogens with zero attached hydrogens (tertiary/aromatic N) is 2. The average molecular weight is 411 g/mol. The summed E-state index contributed by atoms with van der Waals surface area (Å²) in [5.41, 5.74) is 0.144. The minimum absolute atomic E-state index is 0.0283. The number of likely N-dealkylation sites (tertiary alicyclic amines) is 1. The fraction of sp³-hybridized carbons (Fsp3) is 0.476. The zero-order valence-electron chi connectivity index (χ0n) is 16.3. The summed E-state index contributed by atoms with van der Waals surface area (Å²) in [6.45, 7) is 0.0283. The minimum atomic E-state index is -0.551. The molecule has 5 aliphatic rings. The summed E-state index contributed by atoms with van der Waals surface area (Å²) in [4.78, 5) is 49.9. The second-order valence-electron chi connectivity index (χ2n) is 8.42. The molecular weight excluding hydrogens is 390 g/mol. The van der Waals surface area contributed by atoms with Crippen LogP contribution in [0.2, 0.25) is 0 Å². The number of carbonyl (C=O) groups is 3. The number of ether oxygens (including phenoxy) is 1. The second kappa shape index (κ2) is 6.65. The van der Waals surface area contributed by atoms with Crippen molar-refractivity contribution in [1.29, 1.82) is 0 Å². The molecule has 30 heavy (non-hydrogen) atoms. The number of imide groups is 1. The van der Waals surface area contributed by atoms with Crippen LogP contribution in [0.5, 0.6) is 5.75 Å². The van der Waals surface area contributed by atoms with Crippen molar-refractivity contribution in [2.75, 3.05) is 19.0 Å². The van der Waals surface area contributed by atoms with Crippen LogP contribution in [-0.4, -0.2) is 41.2 Å². The van der Waals surface area contributed by atoms with Crippen molar-refractivity contribution < 1.29 is 24.0 Å². The number of methoxy groups -OCH3 is 1. The Labute approximate surface area is 172 Å². The lowest BCUT2D eigenvalue weighted by Crippen LogP contribution is -2.40. The Morgan fingerprint density at radius 2 is 1.83 bits per heavy atom. The fourth-order valence-electron chi connectivity index (χ4n) is 5.56. The smallest absolute Gasteiger partial charge is 0.273 e. The van der Waals surface area contributed by atoms with Gasteiger partial charge in [0.25, 0.3) is 5.69 Å². The lowest BCUT2D eigenvalue weighted by atomic mass is 9.63. The quantitative estimate of drug-likeness (QED) is 0.331. The first-order chi connectivity index (χ1) is 14.4. The molecule has 0 spiro atoms. The molecule has 0 unspecified atom stereocenters. The van der Waals surface area contributed by atoms with Crippen LogP contribution in [0.4, 0.5) is 11.4 Å². The van der Waals surface area contributed by atoms with E-state index >= 15 is 0 Å². The van der Waals surface area contributed by atoms with Crippen LogP contribution in [0.15, 0.2) is 30.4 Å². The maximum absolute atomic E-state index is 12.9. The number of nitrogens with one attached hydrogen (secondary N) is 1. The normalized spacial score (nSPS) is 32.6. The molecule has 0 radical (unpaired) electrons. The van der Waals surface area contributed by atoms with Crippen LogP contribution >= 0.6 is 0 Å². The van der Waals surface area contributed by atoms with Crippen molar-refractivity contribution in [2.45, 2.75) is 12.8 Å². The Hall–Kier alpha value is -3.23. The lowest BCUT2D eigenvalue weighted by molar-refractivity contribution is -0.384. The molecule has 2 bridgehead atoms. The van der Waals surface area contributed by atoms with E-state index in [-0.39, 0.29) is 59.9 Å². The predicted octanol–water partition coefficient (Wildman–Crippen LogP) is 1.99. The zero-order valence-corrected chi connectivity index (χ0v) is 16.3. The molecular formula is C21H21N3O6. The largest absolute Gasteiger partial charge is 0.494 e. The van der Waals surface area contributed by atoms with Gasteiger partial charge in [-0.2, -0.15) is 0 Å². The van der Waals surface area contributed by atoms with Crippen molar-refractivity contribution in [3.63, 3.8) is 0 Å². The van der Waals surface area contributed by atoms with Gasteiger partial charge < -0.3 is 10.1 Å². The molecule has 9 nitrogen and oxygen atoms in total. The Bertz CT molecular complexity index is 968. The maximum atomic E-state index is 12.9. The zero-order chi connectivity index (χ0) is 21.2. The predicted molar refractivity (Wildman–Crippen MR) is 104 cm³/mol. The van der Waals surface area contributed by atoms with Gasteiger partial charge in [-0.25, -0.2) is 0 Å². The highest BCUT2D eigenvalue weighted by Gasteiger charge is 2.66. The Kier molecular flexibility index (Phi) is 4.16. The average Bonchev–Trinajstić information content (AvgIpc) is 3.51. The highest BCUT2D eigenvalue weighted by Crippen LogP contribution is 2.65. The lowest BCUT2D eigenvalue weighted by Gasteiger charge is -2.37. The molecule has 3 fully saturated rings. The minimum Gasteiger partial charge on any atom is -0.494 e. The van der Waals surface area contributed by atoms with E-state index < -0.39 is 10.8 Å². The van der Waals surface area contributed by atoms with Crippen molar-refractivity contribution in [2.24, 2.45) is 35.5 Å². The topological polar surface area (TPSA) is 119 Å². The Morgan fingerprint density at radius 1 is 1.20 bits per heavy atom. The number of amides is 3. The van der Waals surface area contributed by atoms with Gasteiger partial charge >= 0.3 is 0 Å². The van der Waals surface area contributed by atoms with E-state index in [1.807, 2.05) is 0 Å². The number of hydrogen-bond acceptors (Lipinski definition) is 6. The molecule has 9 heteroatoms. The first-order valence-electron chi connectivity index (χ1n) is 10.1. The maximum Gasteiger partial charge on any atom is 0.273 e. The molecule has 4 aliphatic carbocycles. The van der Waals surface area contributed by atoms with E-state index in [4.69, 9.17) is 4.74 Å². The molecule has 1 saturated heterocycles. The Morgan fingerprint density at radius 3 is 2.40 bits per heavy atom. The number of nitro benzene ring substituents is 1. The number of benzene rings is 1. The number of non-ortho nitro benzene ring substituents is 1. The SMILES string of the molecule is COc1cc([N+](=O)[O-])ccc1NC(=O)CCN1C(=O)[C@@H]2[C@H]3C=C[C@@H]([C@@H]4C[C@H]34)[C@H]2C1=O. The molecule has 156 valence electrons. The van der Waals surface area contributed by atoms with Gasteiger partial charge in [-0.3, -0.25) is 29.4 Å². The van der Waals surface area contributed by atoms with Gasteiger partial charge in [0, 0.05) is 19.0 Å². The van der Waals surface area contributed by atoms with E-state index in [0.29, 0.717) is 17.5 Å². The summed E-state index contributed by atoms with van der Waals surface area (Å²) in [5, 5.41) is 13.5. The van der Waals surface area contributed by atoms with Crippen molar-refractivity contribution in [3.8, 4) is 5.75 Å². The van der Waals surface area contributed by atoms with Crippen LogP contribution in [0, 0.1) is 45.6 Å². The number of rotatable bonds is 6. The summed E-state index contributed by atoms with van der Waals surface area (Å²) in [6, 6.07) is 3.89. The van der Waals surface area contributed by atoms with Crippen LogP contribution in [0.3, 0.4) is 0 Å². The Balaban J connectivity index is 1.24. The van der Waals surface area contributed by atoms with Gasteiger partial charge in [0.15, 0.2) is 0 Å². The number of hydrogen-bond donors (Lipinski definition) is 1. The first-order valence-corrected chi connectivity index (χ1v) is 10.1. The van der Waals surface area contributed by atoms with Gasteiger partial charge in [-0.15, -0.1) is 0 Å². The standard InChI is InChI=1S/C21H21N3O6/c1-30-16-8-10(24(28)29)2-5-15(16)22-17(25)6-7-23-20(26)18-11-3-4-12(14-9-13(11)14)19(18)21(23)27/h2-5,8,11-14,18-19H,6-7,9H2,1H3,(H,22,25)/t11-,12-,13-,14+,18+,19+/m0/s1. The monoisotopic (exact) mass is 411 g/mol. The van der Waals surface area contributed by atoms with E-state index in [1.165, 1.54) is 30.2 Å². The molecule has 2 saturated carbocycles. The summed E-state index contributed by atoms with van der Waals surface area (Å²) in [5.74, 6) is 0.301. The summed E-state index contributed by atoms with van der Waals surface area (Å²) in [7, 11) is 1.35. The number of nitro groups is 1. The van der Waals surface area contributed by atoms with Crippen molar-refractivity contribution >= 4 is 29.1 Å². The molecule has 1 aliphatic heterocycles. The molecule has 1 aromatic carbocycles. The fourth-order valence-corrected chi connectivity index (χ4v) is 5.56. The van der Waals surface area contributed by atoms with E-state index in [0.717, 1.165) is 6.42 Å². The molecule has 6 atom stereocenters. The van der Waals surface area contributed by atoms with E-state index in [1.54, 1.807) is 0 Å². The third kappa shape index (κ3) is 2.72. The third-order valence-electron chi connectivity index (χ3n) is 6.99. The number of anilines is 1. The first kappa shape index (κ1) is 18.8. The third-order valence-corrected chi connectivity index (χ3v) is 6.99. The van der Waals surface area contributed by atoms with Crippen LogP contribution in [-0.2, 0) is 14.4 Å². The van der Waals surface area contributed by atoms with Crippen LogP contribution in [0.25, 0.3) is 0 Å². The number of allylic oxidation sites excluding steroid dienone is 2. The summed E-state index contributed by atoms with van der Waals surface area (Å²) < 4.78 is 5.11. The molecule has 1 heterocycles. The van der Waals surface area contributed by atoms with Gasteiger partial charge in [-0.1, -0.05) is 12.2 Å². The number of carbonyl (C=O) groups excluding carboxylic acids is 3. The highest BCUT2D eigenvalue weighted by molar-refractivity contribution is 6.06. The highest BCUT2D eigenvalue weighted by atomic mass is 16.6. The van der Waals surface area contributed by atoms with Crippen LogP contribution in [0.1, 0.15) is 12.8 Å². The second-order valence-corrected chi connectivity index (χ2v) is 8.42. The van der Waals surface area contributed by atoms with E-state index in [2.05, 4.69) is 17.5 Å². The van der Waals surface area contributed by atoms with E-state index in [9.17, 15) is 24.5 Å². The van der Waals surface area contributed by atoms with Gasteiger partial charge in [-0.05, 0) is 36.2 Å². The van der Waals surface area contributed by atoms with Gasteiger partial charge in [0.05, 0.1) is 35.6 Å². The van der Waals surface area contributed by atoms with Gasteiger partial charge in [0.1, 0.15) is 5.75 Å². The summed E-state index contributed by atoms with van der Waals surface area (Å²) >= 11 is 0. The molecule has 0 aromatic heterocycles. The van der Waals surface area contributed by atoms with Crippen molar-refractivity contribution in [1.82, 2.24) is 4.90 Å². The van der Waals surface area contributed by atoms with Gasteiger partial charge in [0.2, 0.25) is 17.7 Å². The van der Waals surface area contributed by atoms with Crippen molar-refractivity contribution in [3.05, 3.63) is 40.5 Å².